The molecule has 0 aromatic heterocycles. The molecule has 0 atom stereocenters. The number of halogens is 3. The van der Waals surface area contributed by atoms with Crippen LogP contribution in [0.15, 0.2) is 24.3 Å². The van der Waals surface area contributed by atoms with Crippen LogP contribution in [0.3, 0.4) is 0 Å². The predicted molar refractivity (Wildman–Crippen MR) is 90.4 cm³/mol. The summed E-state index contributed by atoms with van der Waals surface area (Å²) in [5.41, 5.74) is -0.712. The van der Waals surface area contributed by atoms with Crippen LogP contribution in [-0.2, 0) is 17.5 Å². The van der Waals surface area contributed by atoms with Gasteiger partial charge >= 0.3 is 12.2 Å². The van der Waals surface area contributed by atoms with Gasteiger partial charge in [0.25, 0.3) is 0 Å². The molecule has 2 rings (SSSR count). The predicted octanol–water partition coefficient (Wildman–Crippen LogP) is 1.62. The van der Waals surface area contributed by atoms with E-state index in [2.05, 4.69) is 5.32 Å². The first-order valence-corrected chi connectivity index (χ1v) is 8.29. The summed E-state index contributed by atoms with van der Waals surface area (Å²) in [6, 6.07) is 4.79. The second kappa shape index (κ2) is 8.39. The van der Waals surface area contributed by atoms with Crippen molar-refractivity contribution in [2.75, 3.05) is 46.8 Å². The number of likely N-dealkylation sites (N-methyl/N-ethyl adjacent to an activating group) is 1. The van der Waals surface area contributed by atoms with Gasteiger partial charge in [0.2, 0.25) is 5.91 Å². The molecule has 1 saturated heterocycles. The van der Waals surface area contributed by atoms with Gasteiger partial charge in [-0.25, -0.2) is 4.79 Å². The largest absolute Gasteiger partial charge is 0.416 e. The third-order valence-corrected chi connectivity index (χ3v) is 4.27. The van der Waals surface area contributed by atoms with E-state index in [9.17, 15) is 22.8 Å². The third-order valence-electron chi connectivity index (χ3n) is 4.27. The lowest BCUT2D eigenvalue weighted by Gasteiger charge is -2.34. The molecule has 9 heteroatoms. The Morgan fingerprint density at radius 1 is 1.12 bits per heavy atom. The normalized spacial score (nSPS) is 15.7. The first-order chi connectivity index (χ1) is 12.2. The highest BCUT2D eigenvalue weighted by Crippen LogP contribution is 2.31. The summed E-state index contributed by atoms with van der Waals surface area (Å²) in [6.45, 7) is 2.05. The molecule has 26 heavy (non-hydrogen) atoms. The van der Waals surface area contributed by atoms with E-state index >= 15 is 0 Å². The fourth-order valence-electron chi connectivity index (χ4n) is 2.68. The van der Waals surface area contributed by atoms with Gasteiger partial charge in [0.05, 0.1) is 12.1 Å². The smallest absolute Gasteiger partial charge is 0.348 e. The monoisotopic (exact) mass is 372 g/mol. The van der Waals surface area contributed by atoms with Crippen LogP contribution >= 0.6 is 0 Å². The second-order valence-electron chi connectivity index (χ2n) is 6.36. The van der Waals surface area contributed by atoms with Crippen molar-refractivity contribution in [1.29, 1.82) is 0 Å². The number of nitrogens with zero attached hydrogens (tertiary/aromatic N) is 3. The number of hydrogen-bond donors (Lipinski definition) is 1. The summed E-state index contributed by atoms with van der Waals surface area (Å²) in [4.78, 5) is 28.9. The number of amides is 3. The molecule has 1 heterocycles. The molecular weight excluding hydrogens is 349 g/mol. The van der Waals surface area contributed by atoms with Crippen LogP contribution in [0.5, 0.6) is 0 Å². The number of piperazine rings is 1. The van der Waals surface area contributed by atoms with Crippen molar-refractivity contribution in [2.24, 2.45) is 0 Å². The number of urea groups is 1. The van der Waals surface area contributed by atoms with Crippen molar-refractivity contribution in [3.05, 3.63) is 35.4 Å². The highest BCUT2D eigenvalue weighted by molar-refractivity contribution is 5.78. The van der Waals surface area contributed by atoms with Crippen LogP contribution in [-0.4, -0.2) is 73.5 Å². The lowest BCUT2D eigenvalue weighted by Crippen LogP contribution is -2.53. The van der Waals surface area contributed by atoms with Gasteiger partial charge < -0.3 is 15.1 Å². The Morgan fingerprint density at radius 3 is 2.31 bits per heavy atom. The van der Waals surface area contributed by atoms with E-state index < -0.39 is 17.8 Å². The van der Waals surface area contributed by atoms with Gasteiger partial charge in [-0.05, 0) is 11.6 Å². The Kier molecular flexibility index (Phi) is 6.47. The number of carbonyl (C=O) groups excluding carboxylic acids is 2. The van der Waals surface area contributed by atoms with E-state index in [1.165, 1.54) is 23.1 Å². The highest BCUT2D eigenvalue weighted by Gasteiger charge is 2.33. The summed E-state index contributed by atoms with van der Waals surface area (Å²) in [6.07, 6.45) is -4.45. The molecule has 1 aromatic carbocycles. The van der Waals surface area contributed by atoms with Crippen LogP contribution in [0, 0.1) is 0 Å². The minimum Gasteiger partial charge on any atom is -0.348 e. The van der Waals surface area contributed by atoms with Crippen molar-refractivity contribution in [3.63, 3.8) is 0 Å². The van der Waals surface area contributed by atoms with Gasteiger partial charge in [0.15, 0.2) is 0 Å². The first kappa shape index (κ1) is 20.0. The van der Waals surface area contributed by atoms with Crippen LogP contribution in [0.1, 0.15) is 11.1 Å². The average Bonchev–Trinajstić information content (AvgIpc) is 2.59. The quantitative estimate of drug-likeness (QED) is 0.874. The standard InChI is InChI=1S/C17H23F3N4O2/c1-22(2)15(25)12-23-7-9-24(10-8-23)16(26)21-11-13-5-3-4-6-14(13)17(18,19)20/h3-6H,7-12H2,1-2H3,(H,21,26). The van der Waals surface area contributed by atoms with Gasteiger partial charge in [-0.15, -0.1) is 0 Å². The van der Waals surface area contributed by atoms with Gasteiger partial charge in [0, 0.05) is 46.8 Å². The SMILES string of the molecule is CN(C)C(=O)CN1CCN(C(=O)NCc2ccccc2C(F)(F)F)CC1. The van der Waals surface area contributed by atoms with E-state index in [1.54, 1.807) is 19.0 Å². The van der Waals surface area contributed by atoms with Crippen molar-refractivity contribution >= 4 is 11.9 Å². The van der Waals surface area contributed by atoms with E-state index in [0.29, 0.717) is 32.7 Å². The molecule has 6 nitrogen and oxygen atoms in total. The number of alkyl halides is 3. The van der Waals surface area contributed by atoms with Gasteiger partial charge in [-0.3, -0.25) is 9.69 Å². The van der Waals surface area contributed by atoms with E-state index in [4.69, 9.17) is 0 Å². The molecule has 0 radical (unpaired) electrons. The molecule has 0 spiro atoms. The molecule has 1 N–H and O–H groups in total. The van der Waals surface area contributed by atoms with Gasteiger partial charge in [0.1, 0.15) is 0 Å². The summed E-state index contributed by atoms with van der Waals surface area (Å²) < 4.78 is 38.9. The molecule has 1 fully saturated rings. The van der Waals surface area contributed by atoms with Gasteiger partial charge in [-0.1, -0.05) is 18.2 Å². The van der Waals surface area contributed by atoms with Crippen molar-refractivity contribution < 1.29 is 22.8 Å². The average molecular weight is 372 g/mol. The molecule has 3 amide bonds. The molecular formula is C17H23F3N4O2. The Balaban J connectivity index is 1.84. The number of benzene rings is 1. The summed E-state index contributed by atoms with van der Waals surface area (Å²) in [7, 11) is 3.37. The van der Waals surface area contributed by atoms with Crippen LogP contribution in [0.4, 0.5) is 18.0 Å². The van der Waals surface area contributed by atoms with E-state index in [0.717, 1.165) is 6.07 Å². The van der Waals surface area contributed by atoms with E-state index in [1.807, 2.05) is 4.90 Å². The Morgan fingerprint density at radius 2 is 1.73 bits per heavy atom. The second-order valence-corrected chi connectivity index (χ2v) is 6.36. The minimum atomic E-state index is -4.45. The number of carbonyl (C=O) groups is 2. The number of hydrogen-bond acceptors (Lipinski definition) is 3. The Labute approximate surface area is 150 Å². The van der Waals surface area contributed by atoms with Crippen molar-refractivity contribution in [1.82, 2.24) is 20.0 Å². The summed E-state index contributed by atoms with van der Waals surface area (Å²) in [5, 5.41) is 2.55. The zero-order valence-electron chi connectivity index (χ0n) is 14.8. The number of rotatable bonds is 4. The van der Waals surface area contributed by atoms with Crippen LogP contribution < -0.4 is 5.32 Å². The molecule has 1 aromatic rings. The first-order valence-electron chi connectivity index (χ1n) is 8.29. The van der Waals surface area contributed by atoms with Crippen LogP contribution in [0.2, 0.25) is 0 Å². The molecule has 1 aliphatic rings. The molecule has 1 aliphatic heterocycles. The lowest BCUT2D eigenvalue weighted by atomic mass is 10.1. The molecule has 0 unspecified atom stereocenters. The Hall–Kier alpha value is -2.29. The Bertz CT molecular complexity index is 641. The maximum Gasteiger partial charge on any atom is 0.416 e. The molecule has 0 saturated carbocycles. The lowest BCUT2D eigenvalue weighted by molar-refractivity contribution is -0.138. The zero-order chi connectivity index (χ0) is 19.3. The van der Waals surface area contributed by atoms with Crippen LogP contribution in [0.25, 0.3) is 0 Å². The van der Waals surface area contributed by atoms with Crippen molar-refractivity contribution in [2.45, 2.75) is 12.7 Å². The number of nitrogens with one attached hydrogen (secondary N) is 1. The topological polar surface area (TPSA) is 55.9 Å². The van der Waals surface area contributed by atoms with E-state index in [-0.39, 0.29) is 18.0 Å². The maximum atomic E-state index is 13.0. The molecule has 144 valence electrons. The highest BCUT2D eigenvalue weighted by atomic mass is 19.4. The molecule has 0 bridgehead atoms. The summed E-state index contributed by atoms with van der Waals surface area (Å²) >= 11 is 0. The zero-order valence-corrected chi connectivity index (χ0v) is 14.8. The molecule has 0 aliphatic carbocycles. The minimum absolute atomic E-state index is 0.00772. The third kappa shape index (κ3) is 5.35. The van der Waals surface area contributed by atoms with Gasteiger partial charge in [-0.2, -0.15) is 13.2 Å². The van der Waals surface area contributed by atoms with Crippen molar-refractivity contribution in [3.8, 4) is 0 Å². The fraction of sp³-hybridized carbons (Fsp3) is 0.529. The fourth-order valence-corrected chi connectivity index (χ4v) is 2.68. The summed E-state index contributed by atoms with van der Waals surface area (Å²) in [5.74, 6) is -0.00772. The maximum absolute atomic E-state index is 13.0.